The second-order valence-electron chi connectivity index (χ2n) is 5.37. The first kappa shape index (κ1) is 16.9. The predicted octanol–water partition coefficient (Wildman–Crippen LogP) is 3.76. The molecule has 0 aliphatic carbocycles. The maximum atomic E-state index is 12.5. The Labute approximate surface area is 146 Å². The molecule has 1 heterocycles. The topological polar surface area (TPSA) is 54.0 Å². The van der Waals surface area contributed by atoms with Gasteiger partial charge in [-0.2, -0.15) is 0 Å². The lowest BCUT2D eigenvalue weighted by molar-refractivity contribution is 0.104. The third-order valence-electron chi connectivity index (χ3n) is 3.75. The van der Waals surface area contributed by atoms with Crippen LogP contribution in [0.4, 0.5) is 0 Å². The minimum Gasteiger partial charge on any atom is -0.492 e. The van der Waals surface area contributed by atoms with E-state index in [0.29, 0.717) is 48.4 Å². The van der Waals surface area contributed by atoms with E-state index in [2.05, 4.69) is 0 Å². The van der Waals surface area contributed by atoms with Crippen molar-refractivity contribution in [3.63, 3.8) is 0 Å². The summed E-state index contributed by atoms with van der Waals surface area (Å²) < 4.78 is 22.0. The molecule has 3 rings (SSSR count). The summed E-state index contributed by atoms with van der Waals surface area (Å²) in [6.07, 6.45) is 3.24. The van der Waals surface area contributed by atoms with E-state index in [1.54, 1.807) is 31.4 Å². The molecule has 130 valence electrons. The number of fused-ring (bicyclic) bond motifs is 1. The van der Waals surface area contributed by atoms with Crippen LogP contribution in [0.25, 0.3) is 6.08 Å². The molecule has 0 saturated heterocycles. The van der Waals surface area contributed by atoms with Crippen LogP contribution in [0, 0.1) is 0 Å². The second-order valence-corrected chi connectivity index (χ2v) is 5.37. The van der Waals surface area contributed by atoms with Crippen molar-refractivity contribution in [2.75, 3.05) is 26.9 Å². The Kier molecular flexibility index (Phi) is 5.23. The maximum absolute atomic E-state index is 12.5. The lowest BCUT2D eigenvalue weighted by Gasteiger charge is -2.18. The number of carbonyl (C=O) groups excluding carboxylic acids is 1. The van der Waals surface area contributed by atoms with E-state index < -0.39 is 0 Å². The zero-order chi connectivity index (χ0) is 17.6. The minimum atomic E-state index is -0.124. The molecule has 0 bridgehead atoms. The van der Waals surface area contributed by atoms with Gasteiger partial charge in [-0.1, -0.05) is 12.1 Å². The third-order valence-corrected chi connectivity index (χ3v) is 3.75. The SMILES string of the molecule is CCOc1cccc(/C=C/C(=O)c2ccc3c(c2)OCCO3)c1OC. The van der Waals surface area contributed by atoms with Crippen LogP contribution in [0.15, 0.2) is 42.5 Å². The van der Waals surface area contributed by atoms with Crippen molar-refractivity contribution in [2.24, 2.45) is 0 Å². The molecule has 0 spiro atoms. The quantitative estimate of drug-likeness (QED) is 0.592. The molecule has 2 aromatic carbocycles. The number of ketones is 1. The average Bonchev–Trinajstić information content (AvgIpc) is 2.66. The van der Waals surface area contributed by atoms with Gasteiger partial charge in [-0.15, -0.1) is 0 Å². The smallest absolute Gasteiger partial charge is 0.185 e. The summed E-state index contributed by atoms with van der Waals surface area (Å²) in [7, 11) is 1.58. The van der Waals surface area contributed by atoms with Crippen molar-refractivity contribution in [2.45, 2.75) is 6.92 Å². The number of benzene rings is 2. The molecule has 25 heavy (non-hydrogen) atoms. The molecule has 0 radical (unpaired) electrons. The van der Waals surface area contributed by atoms with Gasteiger partial charge in [-0.3, -0.25) is 4.79 Å². The van der Waals surface area contributed by atoms with Gasteiger partial charge in [0.15, 0.2) is 28.8 Å². The predicted molar refractivity (Wildman–Crippen MR) is 95.0 cm³/mol. The molecule has 0 aromatic heterocycles. The van der Waals surface area contributed by atoms with E-state index >= 15 is 0 Å². The molecule has 0 amide bonds. The molecule has 5 nitrogen and oxygen atoms in total. The van der Waals surface area contributed by atoms with Gasteiger partial charge in [0.05, 0.1) is 13.7 Å². The summed E-state index contributed by atoms with van der Waals surface area (Å²) in [6.45, 7) is 3.46. The lowest BCUT2D eigenvalue weighted by Crippen LogP contribution is -2.15. The molecule has 0 unspecified atom stereocenters. The number of allylic oxidation sites excluding steroid dienone is 1. The van der Waals surface area contributed by atoms with Crippen LogP contribution < -0.4 is 18.9 Å². The van der Waals surface area contributed by atoms with Gasteiger partial charge in [-0.05, 0) is 43.3 Å². The molecule has 2 aromatic rings. The fraction of sp³-hybridized carbons (Fsp3) is 0.250. The van der Waals surface area contributed by atoms with Gasteiger partial charge >= 0.3 is 0 Å². The van der Waals surface area contributed by atoms with Gasteiger partial charge in [0.25, 0.3) is 0 Å². The number of rotatable bonds is 6. The number of methoxy groups -OCH3 is 1. The molecule has 1 aliphatic rings. The van der Waals surface area contributed by atoms with Crippen LogP contribution in [0.2, 0.25) is 0 Å². The van der Waals surface area contributed by atoms with Crippen LogP contribution in [-0.2, 0) is 0 Å². The van der Waals surface area contributed by atoms with Crippen LogP contribution in [0.5, 0.6) is 23.0 Å². The van der Waals surface area contributed by atoms with Gasteiger partial charge in [0.1, 0.15) is 13.2 Å². The van der Waals surface area contributed by atoms with E-state index in [1.165, 1.54) is 6.08 Å². The van der Waals surface area contributed by atoms with Crippen LogP contribution in [0.3, 0.4) is 0 Å². The standard InChI is InChI=1S/C20H20O5/c1-3-23-18-6-4-5-14(20(18)22-2)7-9-16(21)15-8-10-17-19(13-15)25-12-11-24-17/h4-10,13H,3,11-12H2,1-2H3/b9-7+. The Balaban J connectivity index is 1.82. The van der Waals surface area contributed by atoms with E-state index in [-0.39, 0.29) is 5.78 Å². The van der Waals surface area contributed by atoms with E-state index in [4.69, 9.17) is 18.9 Å². The maximum Gasteiger partial charge on any atom is 0.185 e. The molecular formula is C20H20O5. The Morgan fingerprint density at radius 1 is 1.16 bits per heavy atom. The Morgan fingerprint density at radius 3 is 2.72 bits per heavy atom. The van der Waals surface area contributed by atoms with Gasteiger partial charge in [0.2, 0.25) is 0 Å². The molecule has 0 atom stereocenters. The van der Waals surface area contributed by atoms with Gasteiger partial charge in [-0.25, -0.2) is 0 Å². The Bertz CT molecular complexity index is 795. The summed E-state index contributed by atoms with van der Waals surface area (Å²) >= 11 is 0. The molecule has 0 saturated carbocycles. The van der Waals surface area contributed by atoms with Crippen LogP contribution >= 0.6 is 0 Å². The number of carbonyl (C=O) groups is 1. The third kappa shape index (κ3) is 3.76. The van der Waals surface area contributed by atoms with Crippen LogP contribution in [0.1, 0.15) is 22.8 Å². The normalized spacial score (nSPS) is 12.9. The first-order valence-electron chi connectivity index (χ1n) is 8.14. The van der Waals surface area contributed by atoms with Crippen molar-refractivity contribution in [1.29, 1.82) is 0 Å². The van der Waals surface area contributed by atoms with Crippen molar-refractivity contribution in [1.82, 2.24) is 0 Å². The summed E-state index contributed by atoms with van der Waals surface area (Å²) in [5.74, 6) is 2.40. The number of hydrogen-bond donors (Lipinski definition) is 0. The molecule has 1 aliphatic heterocycles. The molecular weight excluding hydrogens is 320 g/mol. The highest BCUT2D eigenvalue weighted by Gasteiger charge is 2.14. The van der Waals surface area contributed by atoms with Crippen molar-refractivity contribution < 1.29 is 23.7 Å². The highest BCUT2D eigenvalue weighted by molar-refractivity contribution is 6.07. The summed E-state index contributed by atoms with van der Waals surface area (Å²) in [5.41, 5.74) is 1.32. The fourth-order valence-electron chi connectivity index (χ4n) is 2.61. The minimum absolute atomic E-state index is 0.124. The van der Waals surface area contributed by atoms with Gasteiger partial charge < -0.3 is 18.9 Å². The number of ether oxygens (including phenoxy) is 4. The van der Waals surface area contributed by atoms with Gasteiger partial charge in [0, 0.05) is 11.1 Å². The van der Waals surface area contributed by atoms with E-state index in [0.717, 1.165) is 5.56 Å². The summed E-state index contributed by atoms with van der Waals surface area (Å²) in [5, 5.41) is 0. The van der Waals surface area contributed by atoms with Crippen LogP contribution in [-0.4, -0.2) is 32.7 Å². The zero-order valence-electron chi connectivity index (χ0n) is 14.3. The first-order valence-corrected chi connectivity index (χ1v) is 8.14. The lowest BCUT2D eigenvalue weighted by atomic mass is 10.1. The second kappa shape index (κ2) is 7.75. The first-order chi connectivity index (χ1) is 12.2. The number of hydrogen-bond acceptors (Lipinski definition) is 5. The summed E-state index contributed by atoms with van der Waals surface area (Å²) in [4.78, 5) is 12.5. The van der Waals surface area contributed by atoms with Crippen molar-refractivity contribution in [3.05, 3.63) is 53.6 Å². The molecule has 0 fully saturated rings. The largest absolute Gasteiger partial charge is 0.492 e. The summed E-state index contributed by atoms with van der Waals surface area (Å²) in [6, 6.07) is 10.8. The van der Waals surface area contributed by atoms with Crippen molar-refractivity contribution >= 4 is 11.9 Å². The molecule has 5 heteroatoms. The van der Waals surface area contributed by atoms with E-state index in [9.17, 15) is 4.79 Å². The Hall–Kier alpha value is -2.95. The monoisotopic (exact) mass is 340 g/mol. The molecule has 0 N–H and O–H groups in total. The average molecular weight is 340 g/mol. The zero-order valence-corrected chi connectivity index (χ0v) is 14.3. The number of para-hydroxylation sites is 1. The Morgan fingerprint density at radius 2 is 1.96 bits per heavy atom. The highest BCUT2D eigenvalue weighted by Crippen LogP contribution is 2.33. The highest BCUT2D eigenvalue weighted by atomic mass is 16.6. The fourth-order valence-corrected chi connectivity index (χ4v) is 2.61. The van der Waals surface area contributed by atoms with Crippen molar-refractivity contribution in [3.8, 4) is 23.0 Å². The van der Waals surface area contributed by atoms with E-state index in [1.807, 2.05) is 25.1 Å².